The second kappa shape index (κ2) is 15.2. The number of nitrogens with zero attached hydrogens (tertiary/aromatic N) is 6. The number of piperazine rings is 2. The molecule has 57 heavy (non-hydrogen) atoms. The van der Waals surface area contributed by atoms with Gasteiger partial charge in [0.2, 0.25) is 5.91 Å². The molecule has 2 fully saturated rings. The number of nitrogens with one attached hydrogen (secondary N) is 2. The molecule has 8 aliphatic rings. The lowest BCUT2D eigenvalue weighted by Gasteiger charge is -2.37. The Morgan fingerprint density at radius 1 is 0.684 bits per heavy atom. The third kappa shape index (κ3) is 6.76. The van der Waals surface area contributed by atoms with Crippen LogP contribution in [0, 0.1) is 11.8 Å². The SMILES string of the molecule is O=C1Nc2cc(Cl)c(CCN3CCN(C4=NSC5C=CC=CC45)CC3)cc2C1C1(O)C(=O)Nc2cc(Cl)c(CCN3CCN(C4=NSC5C=CC=CC45)CC3)cc21. The van der Waals surface area contributed by atoms with Crippen molar-refractivity contribution in [3.63, 3.8) is 0 Å². The van der Waals surface area contributed by atoms with E-state index in [2.05, 4.69) is 78.8 Å². The van der Waals surface area contributed by atoms with Gasteiger partial charge >= 0.3 is 0 Å². The van der Waals surface area contributed by atoms with E-state index in [9.17, 15) is 14.7 Å². The van der Waals surface area contributed by atoms with Crippen molar-refractivity contribution in [1.29, 1.82) is 0 Å². The molecule has 0 aromatic heterocycles. The molecule has 2 amide bonds. The van der Waals surface area contributed by atoms with Crippen molar-refractivity contribution in [3.8, 4) is 0 Å². The summed E-state index contributed by atoms with van der Waals surface area (Å²) in [5, 5.41) is 20.0. The molecule has 0 radical (unpaired) electrons. The average Bonchev–Trinajstić information content (AvgIpc) is 3.99. The molecule has 0 saturated carbocycles. The van der Waals surface area contributed by atoms with E-state index in [1.54, 1.807) is 36.0 Å². The van der Waals surface area contributed by atoms with E-state index in [0.717, 1.165) is 76.6 Å². The first-order valence-corrected chi connectivity index (χ1v) is 22.3. The number of anilines is 2. The number of allylic oxidation sites excluding steroid dienone is 4. The lowest BCUT2D eigenvalue weighted by molar-refractivity contribution is -0.141. The normalized spacial score (nSPS) is 30.3. The Bertz CT molecular complexity index is 2190. The maximum atomic E-state index is 13.8. The molecule has 15 heteroatoms. The predicted octanol–water partition coefficient (Wildman–Crippen LogP) is 5.53. The first-order valence-electron chi connectivity index (χ1n) is 19.9. The Morgan fingerprint density at radius 3 is 1.75 bits per heavy atom. The van der Waals surface area contributed by atoms with E-state index in [4.69, 9.17) is 32.0 Å². The summed E-state index contributed by atoms with van der Waals surface area (Å²) < 4.78 is 9.64. The van der Waals surface area contributed by atoms with Crippen LogP contribution < -0.4 is 10.6 Å². The predicted molar refractivity (Wildman–Crippen MR) is 231 cm³/mol. The van der Waals surface area contributed by atoms with Crippen molar-refractivity contribution in [1.82, 2.24) is 19.6 Å². The van der Waals surface area contributed by atoms with Crippen molar-refractivity contribution in [2.75, 3.05) is 76.1 Å². The molecule has 2 aromatic rings. The summed E-state index contributed by atoms with van der Waals surface area (Å²) in [6.45, 7) is 8.83. The largest absolute Gasteiger partial charge is 0.374 e. The van der Waals surface area contributed by atoms with Gasteiger partial charge < -0.3 is 25.5 Å². The van der Waals surface area contributed by atoms with Crippen LogP contribution in [0.5, 0.6) is 0 Å². The number of hydrogen-bond donors (Lipinski definition) is 3. The molecule has 6 aliphatic heterocycles. The number of amides is 2. The maximum absolute atomic E-state index is 13.8. The summed E-state index contributed by atoms with van der Waals surface area (Å²) in [7, 11) is 0. The Hall–Kier alpha value is -3.56. The zero-order valence-electron chi connectivity index (χ0n) is 31.3. The molecule has 10 rings (SSSR count). The molecular weight excluding hydrogens is 800 g/mol. The Morgan fingerprint density at radius 2 is 1.19 bits per heavy atom. The van der Waals surface area contributed by atoms with Crippen LogP contribution in [0.4, 0.5) is 11.4 Å². The summed E-state index contributed by atoms with van der Waals surface area (Å²) in [6, 6.07) is 7.18. The van der Waals surface area contributed by atoms with Gasteiger partial charge in [-0.05, 0) is 71.6 Å². The molecule has 6 atom stereocenters. The van der Waals surface area contributed by atoms with E-state index >= 15 is 0 Å². The van der Waals surface area contributed by atoms with E-state index in [0.29, 0.717) is 67.7 Å². The van der Waals surface area contributed by atoms with E-state index in [1.807, 2.05) is 12.1 Å². The summed E-state index contributed by atoms with van der Waals surface area (Å²) >= 11 is 17.0. The molecule has 0 bridgehead atoms. The number of halogens is 2. The molecule has 11 nitrogen and oxygen atoms in total. The van der Waals surface area contributed by atoms with Crippen molar-refractivity contribution >= 4 is 82.0 Å². The minimum absolute atomic E-state index is 0.342. The molecule has 2 aromatic carbocycles. The Labute approximate surface area is 351 Å². The average molecular weight is 844 g/mol. The Balaban J connectivity index is 0.803. The number of benzene rings is 2. The van der Waals surface area contributed by atoms with Crippen LogP contribution in [0.2, 0.25) is 10.0 Å². The molecule has 296 valence electrons. The number of rotatable bonds is 7. The summed E-state index contributed by atoms with van der Waals surface area (Å²) in [5.41, 5.74) is 1.46. The van der Waals surface area contributed by atoms with Gasteiger partial charge in [-0.3, -0.25) is 19.4 Å². The van der Waals surface area contributed by atoms with Crippen LogP contribution in [-0.2, 0) is 28.0 Å². The third-order valence-electron chi connectivity index (χ3n) is 12.7. The fraction of sp³-hybridized carbons (Fsp3) is 0.429. The van der Waals surface area contributed by atoms with Gasteiger partial charge in [0.25, 0.3) is 5.91 Å². The van der Waals surface area contributed by atoms with Crippen molar-refractivity contribution in [2.45, 2.75) is 34.9 Å². The highest BCUT2D eigenvalue weighted by Gasteiger charge is 2.57. The molecule has 6 unspecified atom stereocenters. The fourth-order valence-electron chi connectivity index (χ4n) is 9.48. The first kappa shape index (κ1) is 37.7. The second-order valence-corrected chi connectivity index (χ2v) is 18.6. The van der Waals surface area contributed by atoms with Crippen LogP contribution in [0.15, 0.2) is 81.7 Å². The monoisotopic (exact) mass is 842 g/mol. The first-order chi connectivity index (χ1) is 27.7. The molecule has 3 N–H and O–H groups in total. The zero-order chi connectivity index (χ0) is 38.8. The highest BCUT2D eigenvalue weighted by atomic mass is 35.5. The van der Waals surface area contributed by atoms with Gasteiger partial charge in [-0.15, -0.1) is 0 Å². The van der Waals surface area contributed by atoms with Gasteiger partial charge in [0.1, 0.15) is 17.6 Å². The summed E-state index contributed by atoms with van der Waals surface area (Å²) in [4.78, 5) is 37.2. The van der Waals surface area contributed by atoms with Gasteiger partial charge in [0.05, 0.1) is 22.3 Å². The van der Waals surface area contributed by atoms with Gasteiger partial charge in [-0.2, -0.15) is 0 Å². The fourth-order valence-corrected chi connectivity index (χ4v) is 11.9. The van der Waals surface area contributed by atoms with E-state index < -0.39 is 23.3 Å². The topological polar surface area (TPSA) is 116 Å². The lowest BCUT2D eigenvalue weighted by Crippen LogP contribution is -2.50. The number of aliphatic hydroxyl groups is 1. The van der Waals surface area contributed by atoms with Gasteiger partial charge in [-0.1, -0.05) is 77.9 Å². The minimum atomic E-state index is -2.12. The van der Waals surface area contributed by atoms with Crippen LogP contribution in [0.3, 0.4) is 0 Å². The smallest absolute Gasteiger partial charge is 0.262 e. The quantitative estimate of drug-likeness (QED) is 0.310. The molecular formula is C42H44Cl2N8O3S2. The maximum Gasteiger partial charge on any atom is 0.262 e. The molecule has 2 aliphatic carbocycles. The number of amidine groups is 2. The highest BCUT2D eigenvalue weighted by Crippen LogP contribution is 2.52. The number of carbonyl (C=O) groups is 2. The lowest BCUT2D eigenvalue weighted by atomic mass is 9.77. The van der Waals surface area contributed by atoms with Crippen LogP contribution in [0.1, 0.15) is 28.2 Å². The van der Waals surface area contributed by atoms with E-state index in [-0.39, 0.29) is 0 Å². The second-order valence-electron chi connectivity index (χ2n) is 16.0. The van der Waals surface area contributed by atoms with Crippen molar-refractivity contribution in [2.24, 2.45) is 20.6 Å². The number of hydrogen-bond acceptors (Lipinski definition) is 11. The highest BCUT2D eigenvalue weighted by molar-refractivity contribution is 7.99. The summed E-state index contributed by atoms with van der Waals surface area (Å²) in [6.07, 6.45) is 18.7. The van der Waals surface area contributed by atoms with Crippen molar-refractivity contribution < 1.29 is 14.7 Å². The molecule has 2 saturated heterocycles. The number of carbonyl (C=O) groups excluding carboxylic acids is 2. The van der Waals surface area contributed by atoms with Gasteiger partial charge in [0, 0.05) is 92.4 Å². The van der Waals surface area contributed by atoms with Crippen LogP contribution in [0.25, 0.3) is 0 Å². The summed E-state index contributed by atoms with van der Waals surface area (Å²) in [5.74, 6) is 0.803. The Kier molecular flexibility index (Phi) is 10.1. The van der Waals surface area contributed by atoms with Crippen LogP contribution in [-0.4, -0.2) is 124 Å². The standard InChI is InChI=1S/C42H44Cl2N8O3S2/c43-31-23-33-29(21-25(31)9-11-49-13-17-51(18-14-49)38-27-5-1-3-7-35(27)56-47-38)37(40(53)45-33)42(55)30-22-26(32(44)24-34(30)46-41(42)54)10-12-50-15-19-52(20-16-50)39-28-6-2-4-8-36(28)57-48-39/h1-8,21-24,27-28,35-37,55H,9-20H2,(H,45,53)(H,46,54). The van der Waals surface area contributed by atoms with Gasteiger partial charge in [-0.25, -0.2) is 8.80 Å². The molecule has 0 spiro atoms. The molecule has 6 heterocycles. The minimum Gasteiger partial charge on any atom is -0.374 e. The van der Waals surface area contributed by atoms with Crippen molar-refractivity contribution in [3.05, 3.63) is 105 Å². The third-order valence-corrected chi connectivity index (χ3v) is 15.4. The zero-order valence-corrected chi connectivity index (χ0v) is 34.5. The van der Waals surface area contributed by atoms with Crippen LogP contribution >= 0.6 is 47.1 Å². The number of fused-ring (bicyclic) bond motifs is 4. The van der Waals surface area contributed by atoms with Gasteiger partial charge in [0.15, 0.2) is 5.60 Å². The van der Waals surface area contributed by atoms with E-state index in [1.165, 1.54) is 11.7 Å².